The third kappa shape index (κ3) is 2.62. The molecule has 3 rings (SSSR count). The smallest absolute Gasteiger partial charge is 0.296 e. The number of nitro benzene ring substituents is 1. The Kier molecular flexibility index (Phi) is 3.39. The topological polar surface area (TPSA) is 73.6 Å². The highest BCUT2D eigenvalue weighted by Crippen LogP contribution is 2.61. The van der Waals surface area contributed by atoms with Gasteiger partial charge in [0, 0.05) is 12.6 Å². The van der Waals surface area contributed by atoms with E-state index in [1.54, 1.807) is 6.07 Å². The number of hydrogen-bond donors (Lipinski definition) is 1. The highest BCUT2D eigenvalue weighted by Gasteiger charge is 2.53. The molecule has 2 aliphatic rings. The number of nitro groups is 1. The van der Waals surface area contributed by atoms with Gasteiger partial charge in [0.25, 0.3) is 5.69 Å². The maximum atomic E-state index is 11.2. The van der Waals surface area contributed by atoms with Crippen molar-refractivity contribution in [3.8, 4) is 11.5 Å². The minimum absolute atomic E-state index is 0.0271. The number of nitrogens with zero attached hydrogens (tertiary/aromatic N) is 1. The van der Waals surface area contributed by atoms with Gasteiger partial charge in [-0.05, 0) is 37.0 Å². The quantitative estimate of drug-likeness (QED) is 0.617. The van der Waals surface area contributed by atoms with Crippen LogP contribution in [0.15, 0.2) is 12.1 Å². The Balaban J connectivity index is 1.83. The zero-order valence-corrected chi connectivity index (χ0v) is 12.3. The van der Waals surface area contributed by atoms with Crippen LogP contribution >= 0.6 is 0 Å². The average molecular weight is 292 g/mol. The fourth-order valence-corrected chi connectivity index (χ4v) is 3.02. The summed E-state index contributed by atoms with van der Waals surface area (Å²) in [6.45, 7) is 0.800. The average Bonchev–Trinajstić information content (AvgIpc) is 3.36. The van der Waals surface area contributed by atoms with Crippen LogP contribution in [0.4, 0.5) is 11.4 Å². The van der Waals surface area contributed by atoms with Crippen LogP contribution in [0.5, 0.6) is 11.5 Å². The number of benzene rings is 1. The number of anilines is 1. The van der Waals surface area contributed by atoms with Crippen molar-refractivity contribution in [3.63, 3.8) is 0 Å². The third-order valence-corrected chi connectivity index (χ3v) is 4.67. The van der Waals surface area contributed by atoms with E-state index in [1.165, 1.54) is 46.0 Å². The van der Waals surface area contributed by atoms with Crippen LogP contribution in [0.25, 0.3) is 0 Å². The van der Waals surface area contributed by atoms with Crippen molar-refractivity contribution >= 4 is 11.4 Å². The monoisotopic (exact) mass is 292 g/mol. The first-order valence-corrected chi connectivity index (χ1v) is 7.24. The van der Waals surface area contributed by atoms with Gasteiger partial charge in [-0.25, -0.2) is 0 Å². The largest absolute Gasteiger partial charge is 0.493 e. The minimum atomic E-state index is -0.388. The van der Waals surface area contributed by atoms with Crippen LogP contribution in [-0.2, 0) is 0 Å². The van der Waals surface area contributed by atoms with Gasteiger partial charge < -0.3 is 14.8 Å². The lowest BCUT2D eigenvalue weighted by Gasteiger charge is -2.17. The Morgan fingerprint density at radius 3 is 2.38 bits per heavy atom. The Morgan fingerprint density at radius 1 is 1.29 bits per heavy atom. The number of nitrogens with one attached hydrogen (secondary N) is 1. The molecule has 1 aromatic carbocycles. The number of hydrogen-bond acceptors (Lipinski definition) is 5. The second-order valence-electron chi connectivity index (χ2n) is 5.97. The second-order valence-corrected chi connectivity index (χ2v) is 5.97. The van der Waals surface area contributed by atoms with Crippen LogP contribution in [0.1, 0.15) is 25.7 Å². The molecule has 1 N–H and O–H groups in total. The summed E-state index contributed by atoms with van der Waals surface area (Å²) in [5, 5.41) is 14.5. The summed E-state index contributed by atoms with van der Waals surface area (Å²) in [6.07, 6.45) is 5.06. The van der Waals surface area contributed by atoms with Crippen LogP contribution in [0.2, 0.25) is 0 Å². The molecular formula is C15H20N2O4. The van der Waals surface area contributed by atoms with E-state index in [9.17, 15) is 10.1 Å². The first-order valence-electron chi connectivity index (χ1n) is 7.24. The molecule has 2 saturated carbocycles. The van der Waals surface area contributed by atoms with Gasteiger partial charge in [0.05, 0.1) is 25.2 Å². The molecule has 6 heteroatoms. The molecular weight excluding hydrogens is 272 g/mol. The molecule has 0 aliphatic heterocycles. The zero-order chi connectivity index (χ0) is 15.0. The van der Waals surface area contributed by atoms with E-state index < -0.39 is 0 Å². The van der Waals surface area contributed by atoms with Crippen LogP contribution < -0.4 is 14.8 Å². The van der Waals surface area contributed by atoms with Gasteiger partial charge >= 0.3 is 0 Å². The predicted molar refractivity (Wildman–Crippen MR) is 79.1 cm³/mol. The normalized spacial score (nSPS) is 19.0. The first-order chi connectivity index (χ1) is 10.1. The highest BCUT2D eigenvalue weighted by atomic mass is 16.6. The lowest BCUT2D eigenvalue weighted by Crippen LogP contribution is -2.18. The summed E-state index contributed by atoms with van der Waals surface area (Å²) < 4.78 is 10.4. The van der Waals surface area contributed by atoms with Crippen molar-refractivity contribution in [2.24, 2.45) is 11.3 Å². The van der Waals surface area contributed by atoms with E-state index in [0.717, 1.165) is 12.5 Å². The minimum Gasteiger partial charge on any atom is -0.493 e. The van der Waals surface area contributed by atoms with Gasteiger partial charge in [-0.2, -0.15) is 0 Å². The molecule has 21 heavy (non-hydrogen) atoms. The molecule has 0 radical (unpaired) electrons. The highest BCUT2D eigenvalue weighted by molar-refractivity contribution is 5.68. The van der Waals surface area contributed by atoms with Gasteiger partial charge in [0.15, 0.2) is 11.5 Å². The third-order valence-electron chi connectivity index (χ3n) is 4.67. The molecule has 2 fully saturated rings. The van der Waals surface area contributed by atoms with Crippen LogP contribution in [0.3, 0.4) is 0 Å². The predicted octanol–water partition coefficient (Wildman–Crippen LogP) is 3.21. The molecule has 0 atom stereocenters. The fourth-order valence-electron chi connectivity index (χ4n) is 3.02. The van der Waals surface area contributed by atoms with Crippen molar-refractivity contribution < 1.29 is 14.4 Å². The summed E-state index contributed by atoms with van der Waals surface area (Å²) in [5.74, 6) is 1.68. The first kappa shape index (κ1) is 14.0. The van der Waals surface area contributed by atoms with Crippen LogP contribution in [0, 0.1) is 21.4 Å². The van der Waals surface area contributed by atoms with Gasteiger partial charge in [-0.15, -0.1) is 0 Å². The van der Waals surface area contributed by atoms with Gasteiger partial charge in [0.2, 0.25) is 0 Å². The lowest BCUT2D eigenvalue weighted by molar-refractivity contribution is -0.384. The SMILES string of the molecule is COc1cc(NCC2(C3CC3)CC2)c([N+](=O)[O-])cc1OC. The molecule has 1 aromatic rings. The Morgan fingerprint density at radius 2 is 1.90 bits per heavy atom. The second kappa shape index (κ2) is 5.09. The molecule has 0 amide bonds. The van der Waals surface area contributed by atoms with E-state index in [-0.39, 0.29) is 10.6 Å². The fraction of sp³-hybridized carbons (Fsp3) is 0.600. The summed E-state index contributed by atoms with van der Waals surface area (Å²) in [5.41, 5.74) is 0.907. The van der Waals surface area contributed by atoms with E-state index in [1.807, 2.05) is 0 Å². The van der Waals surface area contributed by atoms with E-state index in [4.69, 9.17) is 9.47 Å². The van der Waals surface area contributed by atoms with E-state index in [2.05, 4.69) is 5.32 Å². The lowest BCUT2D eigenvalue weighted by atomic mass is 10.0. The van der Waals surface area contributed by atoms with E-state index in [0.29, 0.717) is 22.6 Å². The van der Waals surface area contributed by atoms with Crippen molar-refractivity contribution in [3.05, 3.63) is 22.2 Å². The van der Waals surface area contributed by atoms with Crippen molar-refractivity contribution in [2.75, 3.05) is 26.1 Å². The standard InChI is InChI=1S/C15H20N2O4/c1-20-13-7-11(12(17(18)19)8-14(13)21-2)16-9-15(5-6-15)10-3-4-10/h7-8,10,16H,3-6,9H2,1-2H3. The summed E-state index contributed by atoms with van der Waals surface area (Å²) in [4.78, 5) is 10.9. The molecule has 6 nitrogen and oxygen atoms in total. The number of rotatable bonds is 7. The molecule has 114 valence electrons. The summed E-state index contributed by atoms with van der Waals surface area (Å²) >= 11 is 0. The molecule has 0 spiro atoms. The van der Waals surface area contributed by atoms with Gasteiger partial charge in [0.1, 0.15) is 5.69 Å². The van der Waals surface area contributed by atoms with Gasteiger partial charge in [-0.1, -0.05) is 0 Å². The van der Waals surface area contributed by atoms with Crippen molar-refractivity contribution in [1.29, 1.82) is 0 Å². The number of ether oxygens (including phenoxy) is 2. The molecule has 0 unspecified atom stereocenters. The molecule has 2 aliphatic carbocycles. The molecule has 0 aromatic heterocycles. The Bertz CT molecular complexity index is 565. The molecule has 0 saturated heterocycles. The maximum absolute atomic E-state index is 11.2. The zero-order valence-electron chi connectivity index (χ0n) is 12.3. The van der Waals surface area contributed by atoms with Crippen molar-refractivity contribution in [1.82, 2.24) is 0 Å². The van der Waals surface area contributed by atoms with Gasteiger partial charge in [-0.3, -0.25) is 10.1 Å². The van der Waals surface area contributed by atoms with E-state index >= 15 is 0 Å². The maximum Gasteiger partial charge on any atom is 0.296 e. The summed E-state index contributed by atoms with van der Waals surface area (Å²) in [6, 6.07) is 3.07. The molecule has 0 heterocycles. The molecule has 0 bridgehead atoms. The Hall–Kier alpha value is -1.98. The number of methoxy groups -OCH3 is 2. The Labute approximate surface area is 123 Å². The van der Waals surface area contributed by atoms with Crippen LogP contribution in [-0.4, -0.2) is 25.7 Å². The van der Waals surface area contributed by atoms with Crippen molar-refractivity contribution in [2.45, 2.75) is 25.7 Å². The summed E-state index contributed by atoms with van der Waals surface area (Å²) in [7, 11) is 3.00.